The molecule has 2 N–H and O–H groups in total. The van der Waals surface area contributed by atoms with Gasteiger partial charge in [-0.2, -0.15) is 5.26 Å². The van der Waals surface area contributed by atoms with Crippen molar-refractivity contribution >= 4 is 21.6 Å². The van der Waals surface area contributed by atoms with Gasteiger partial charge in [-0.1, -0.05) is 12.1 Å². The van der Waals surface area contributed by atoms with Crippen LogP contribution in [0, 0.1) is 11.3 Å². The lowest BCUT2D eigenvalue weighted by molar-refractivity contribution is -0.118. The molecule has 8 nitrogen and oxygen atoms in total. The maximum Gasteiger partial charge on any atom is 0.262 e. The minimum Gasteiger partial charge on any atom is -0.484 e. The molecule has 158 valence electrons. The monoisotopic (exact) mass is 429 g/mol. The maximum atomic E-state index is 12.1. The topological polar surface area (TPSA) is 118 Å². The molecular weight excluding hydrogens is 406 g/mol. The Hall–Kier alpha value is -2.93. The average Bonchev–Trinajstić information content (AvgIpc) is 3.55. The van der Waals surface area contributed by atoms with Gasteiger partial charge in [0.2, 0.25) is 10.0 Å². The number of ether oxygens (including phenoxy) is 2. The van der Waals surface area contributed by atoms with Gasteiger partial charge in [0.15, 0.2) is 6.61 Å². The predicted octanol–water partition coefficient (Wildman–Crippen LogP) is 2.18. The lowest BCUT2D eigenvalue weighted by Gasteiger charge is -2.10. The Balaban J connectivity index is 1.49. The molecule has 30 heavy (non-hydrogen) atoms. The minimum atomic E-state index is -3.62. The molecule has 0 aromatic heterocycles. The van der Waals surface area contributed by atoms with Crippen LogP contribution in [0.5, 0.6) is 5.75 Å². The summed E-state index contributed by atoms with van der Waals surface area (Å²) in [5.74, 6) is 0.0307. The number of hydrogen-bond acceptors (Lipinski definition) is 6. The van der Waals surface area contributed by atoms with Crippen molar-refractivity contribution in [1.82, 2.24) is 4.72 Å². The van der Waals surface area contributed by atoms with Crippen LogP contribution in [0.1, 0.15) is 18.4 Å². The number of hydrogen-bond donors (Lipinski definition) is 2. The van der Waals surface area contributed by atoms with E-state index in [0.717, 1.165) is 18.4 Å². The molecular formula is C21H23N3O5S. The molecule has 1 aliphatic rings. The van der Waals surface area contributed by atoms with Gasteiger partial charge < -0.3 is 14.8 Å². The summed E-state index contributed by atoms with van der Waals surface area (Å²) in [6, 6.07) is 15.4. The number of rotatable bonds is 10. The highest BCUT2D eigenvalue weighted by Gasteiger charge is 2.44. The number of benzene rings is 2. The second kappa shape index (κ2) is 9.26. The molecule has 0 aliphatic heterocycles. The first kappa shape index (κ1) is 21.8. The fraction of sp³-hybridized carbons (Fsp3) is 0.333. The first-order valence-electron chi connectivity index (χ1n) is 9.42. The zero-order chi connectivity index (χ0) is 21.6. The van der Waals surface area contributed by atoms with E-state index in [1.54, 1.807) is 12.1 Å². The molecule has 1 aliphatic carbocycles. The molecule has 3 rings (SSSR count). The summed E-state index contributed by atoms with van der Waals surface area (Å²) in [6.07, 6.45) is 1.73. The zero-order valence-electron chi connectivity index (χ0n) is 16.6. The number of nitriles is 1. The van der Waals surface area contributed by atoms with Crippen LogP contribution in [0.2, 0.25) is 0 Å². The van der Waals surface area contributed by atoms with Crippen molar-refractivity contribution in [3.05, 3.63) is 54.1 Å². The van der Waals surface area contributed by atoms with Crippen molar-refractivity contribution in [2.24, 2.45) is 0 Å². The third-order valence-electron chi connectivity index (χ3n) is 4.79. The van der Waals surface area contributed by atoms with Crippen LogP contribution in [-0.2, 0) is 25.0 Å². The highest BCUT2D eigenvalue weighted by atomic mass is 32.2. The molecule has 1 saturated carbocycles. The smallest absolute Gasteiger partial charge is 0.262 e. The minimum absolute atomic E-state index is 0.0984. The summed E-state index contributed by atoms with van der Waals surface area (Å²) < 4.78 is 36.9. The molecule has 2 aromatic carbocycles. The van der Waals surface area contributed by atoms with E-state index in [1.807, 2.05) is 12.1 Å². The first-order valence-corrected chi connectivity index (χ1v) is 10.9. The summed E-state index contributed by atoms with van der Waals surface area (Å²) in [5.41, 5.74) is 1.22. The van der Waals surface area contributed by atoms with Crippen molar-refractivity contribution < 1.29 is 22.7 Å². The van der Waals surface area contributed by atoms with Gasteiger partial charge >= 0.3 is 0 Å². The van der Waals surface area contributed by atoms with Crippen LogP contribution < -0.4 is 14.8 Å². The third-order valence-corrected chi connectivity index (χ3v) is 6.26. The van der Waals surface area contributed by atoms with Crippen LogP contribution in [0.25, 0.3) is 0 Å². The molecule has 0 saturated heterocycles. The van der Waals surface area contributed by atoms with Gasteiger partial charge in [-0.15, -0.1) is 0 Å². The second-order valence-corrected chi connectivity index (χ2v) is 8.74. The van der Waals surface area contributed by atoms with Crippen molar-refractivity contribution in [3.8, 4) is 11.8 Å². The lowest BCUT2D eigenvalue weighted by atomic mass is 9.98. The van der Waals surface area contributed by atoms with E-state index in [4.69, 9.17) is 9.47 Å². The number of nitrogens with one attached hydrogen (secondary N) is 2. The number of amides is 1. The quantitative estimate of drug-likeness (QED) is 0.559. The normalized spacial score (nSPS) is 14.5. The second-order valence-electron chi connectivity index (χ2n) is 6.97. The molecule has 9 heteroatoms. The molecule has 1 fully saturated rings. The Kier molecular flexibility index (Phi) is 6.72. The SMILES string of the molecule is COCCNS(=O)(=O)c1ccc(OCC(=O)Nc2ccc(C3(C#N)CC3)cc2)cc1. The van der Waals surface area contributed by atoms with Gasteiger partial charge in [-0.25, -0.2) is 13.1 Å². The fourth-order valence-corrected chi connectivity index (χ4v) is 3.90. The van der Waals surface area contributed by atoms with Gasteiger partial charge in [0.1, 0.15) is 5.75 Å². The first-order chi connectivity index (χ1) is 14.4. The predicted molar refractivity (Wildman–Crippen MR) is 111 cm³/mol. The molecule has 0 spiro atoms. The van der Waals surface area contributed by atoms with E-state index < -0.39 is 10.0 Å². The van der Waals surface area contributed by atoms with Crippen molar-refractivity contribution in [2.75, 3.05) is 32.2 Å². The van der Waals surface area contributed by atoms with E-state index in [9.17, 15) is 18.5 Å². The van der Waals surface area contributed by atoms with Gasteiger partial charge in [0, 0.05) is 19.3 Å². The van der Waals surface area contributed by atoms with Crippen molar-refractivity contribution in [2.45, 2.75) is 23.2 Å². The van der Waals surface area contributed by atoms with E-state index >= 15 is 0 Å². The molecule has 1 amide bonds. The molecule has 0 bridgehead atoms. The number of carbonyl (C=O) groups is 1. The fourth-order valence-electron chi connectivity index (χ4n) is 2.89. The van der Waals surface area contributed by atoms with Crippen LogP contribution in [0.3, 0.4) is 0 Å². The molecule has 0 atom stereocenters. The third kappa shape index (κ3) is 5.36. The Morgan fingerprint density at radius 1 is 1.13 bits per heavy atom. The summed E-state index contributed by atoms with van der Waals surface area (Å²) in [4.78, 5) is 12.2. The van der Waals surface area contributed by atoms with E-state index in [1.165, 1.54) is 31.4 Å². The van der Waals surface area contributed by atoms with Crippen LogP contribution in [0.4, 0.5) is 5.69 Å². The number of sulfonamides is 1. The highest BCUT2D eigenvalue weighted by Crippen LogP contribution is 2.47. The summed E-state index contributed by atoms with van der Waals surface area (Å²) in [6.45, 7) is 0.231. The summed E-state index contributed by atoms with van der Waals surface area (Å²) >= 11 is 0. The summed E-state index contributed by atoms with van der Waals surface area (Å²) in [5, 5.41) is 12.0. The van der Waals surface area contributed by atoms with Crippen LogP contribution in [-0.4, -0.2) is 41.2 Å². The standard InChI is InChI=1S/C21H23N3O5S/c1-28-13-12-23-30(26,27)19-8-6-18(7-9-19)29-14-20(25)24-17-4-2-16(3-5-17)21(15-22)10-11-21/h2-9,23H,10-14H2,1H3,(H,24,25). The number of anilines is 1. The highest BCUT2D eigenvalue weighted by molar-refractivity contribution is 7.89. The number of carbonyl (C=O) groups excluding carboxylic acids is 1. The Labute approximate surface area is 175 Å². The van der Waals surface area contributed by atoms with E-state index in [-0.39, 0.29) is 36.0 Å². The molecule has 0 unspecified atom stereocenters. The molecule has 2 aromatic rings. The molecule has 0 heterocycles. The van der Waals surface area contributed by atoms with Gasteiger partial charge in [-0.05, 0) is 54.8 Å². The zero-order valence-corrected chi connectivity index (χ0v) is 17.4. The lowest BCUT2D eigenvalue weighted by Crippen LogP contribution is -2.27. The van der Waals surface area contributed by atoms with Crippen LogP contribution >= 0.6 is 0 Å². The maximum absolute atomic E-state index is 12.1. The number of nitrogens with zero attached hydrogens (tertiary/aromatic N) is 1. The Morgan fingerprint density at radius 2 is 1.80 bits per heavy atom. The van der Waals surface area contributed by atoms with Gasteiger partial charge in [0.25, 0.3) is 5.91 Å². The average molecular weight is 429 g/mol. The Bertz CT molecular complexity index is 1020. The Morgan fingerprint density at radius 3 is 2.37 bits per heavy atom. The largest absolute Gasteiger partial charge is 0.484 e. The van der Waals surface area contributed by atoms with Gasteiger partial charge in [0.05, 0.1) is 23.0 Å². The van der Waals surface area contributed by atoms with E-state index in [0.29, 0.717) is 11.4 Å². The number of methoxy groups -OCH3 is 1. The van der Waals surface area contributed by atoms with E-state index in [2.05, 4.69) is 16.1 Å². The summed E-state index contributed by atoms with van der Waals surface area (Å²) in [7, 11) is -2.13. The van der Waals surface area contributed by atoms with Crippen LogP contribution in [0.15, 0.2) is 53.4 Å². The van der Waals surface area contributed by atoms with Crippen molar-refractivity contribution in [1.29, 1.82) is 5.26 Å². The van der Waals surface area contributed by atoms with Gasteiger partial charge in [-0.3, -0.25) is 4.79 Å². The van der Waals surface area contributed by atoms with Crippen molar-refractivity contribution in [3.63, 3.8) is 0 Å². The molecule has 0 radical (unpaired) electrons.